The molecule has 1 N–H and O–H groups in total. The second-order valence-electron chi connectivity index (χ2n) is 4.02. The van der Waals surface area contributed by atoms with Crippen molar-refractivity contribution in [2.24, 2.45) is 0 Å². The molecule has 0 saturated heterocycles. The first-order valence-electron chi connectivity index (χ1n) is 5.51. The number of thiazole rings is 1. The molecular formula is C13H15FN2S. The summed E-state index contributed by atoms with van der Waals surface area (Å²) in [4.78, 5) is 4.47. The summed E-state index contributed by atoms with van der Waals surface area (Å²) in [6, 6.07) is 5.59. The average molecular weight is 250 g/mol. The molecule has 1 heterocycles. The molecule has 0 saturated carbocycles. The zero-order chi connectivity index (χ0) is 12.4. The lowest BCUT2D eigenvalue weighted by Crippen LogP contribution is -2.12. The molecule has 90 valence electrons. The number of aromatic nitrogens is 1. The summed E-state index contributed by atoms with van der Waals surface area (Å²) in [6.07, 6.45) is 0. The van der Waals surface area contributed by atoms with E-state index in [2.05, 4.69) is 10.3 Å². The van der Waals surface area contributed by atoms with Crippen LogP contribution in [0.5, 0.6) is 0 Å². The quantitative estimate of drug-likeness (QED) is 0.901. The number of hydrogen-bond donors (Lipinski definition) is 1. The largest absolute Gasteiger partial charge is 0.312 e. The van der Waals surface area contributed by atoms with Gasteiger partial charge in [-0.15, -0.1) is 11.3 Å². The van der Waals surface area contributed by atoms with Gasteiger partial charge in [-0.1, -0.05) is 12.1 Å². The van der Waals surface area contributed by atoms with Gasteiger partial charge in [-0.3, -0.25) is 0 Å². The first-order chi connectivity index (χ1) is 8.13. The van der Waals surface area contributed by atoms with E-state index in [9.17, 15) is 4.39 Å². The van der Waals surface area contributed by atoms with Gasteiger partial charge in [0.05, 0.1) is 5.69 Å². The number of aryl methyl sites for hydroxylation is 1. The van der Waals surface area contributed by atoms with Gasteiger partial charge in [-0.05, 0) is 32.5 Å². The molecule has 0 bridgehead atoms. The van der Waals surface area contributed by atoms with Crippen LogP contribution in [0.4, 0.5) is 4.39 Å². The van der Waals surface area contributed by atoms with E-state index in [4.69, 9.17) is 0 Å². The normalized spacial score (nSPS) is 12.7. The summed E-state index contributed by atoms with van der Waals surface area (Å²) in [5, 5.41) is 5.83. The van der Waals surface area contributed by atoms with E-state index in [0.29, 0.717) is 11.1 Å². The molecule has 2 rings (SSSR count). The summed E-state index contributed by atoms with van der Waals surface area (Å²) in [6.45, 7) is 3.80. The van der Waals surface area contributed by atoms with E-state index >= 15 is 0 Å². The molecule has 0 aliphatic carbocycles. The van der Waals surface area contributed by atoms with Crippen molar-refractivity contribution in [1.29, 1.82) is 0 Å². The minimum atomic E-state index is -0.175. The van der Waals surface area contributed by atoms with Crippen molar-refractivity contribution in [1.82, 2.24) is 10.3 Å². The van der Waals surface area contributed by atoms with Crippen LogP contribution in [0.15, 0.2) is 23.6 Å². The Hall–Kier alpha value is -1.26. The van der Waals surface area contributed by atoms with E-state index in [0.717, 1.165) is 10.7 Å². The molecule has 1 atom stereocenters. The lowest BCUT2D eigenvalue weighted by molar-refractivity contribution is 0.620. The smallest absolute Gasteiger partial charge is 0.136 e. The van der Waals surface area contributed by atoms with Crippen molar-refractivity contribution in [3.8, 4) is 10.6 Å². The van der Waals surface area contributed by atoms with Crippen LogP contribution >= 0.6 is 11.3 Å². The highest BCUT2D eigenvalue weighted by Gasteiger charge is 2.13. The fourth-order valence-electron chi connectivity index (χ4n) is 1.57. The predicted octanol–water partition coefficient (Wildman–Crippen LogP) is 3.54. The van der Waals surface area contributed by atoms with E-state index in [1.165, 1.54) is 11.3 Å². The Labute approximate surface area is 105 Å². The number of benzene rings is 1. The molecular weight excluding hydrogens is 235 g/mol. The standard InChI is InChI=1S/C13H15FN2S/c1-8-5-4-6-10(12(8)14)13-16-11(7-17-13)9(2)15-3/h4-7,9,15H,1-3H3. The lowest BCUT2D eigenvalue weighted by Gasteiger charge is -2.05. The molecule has 4 heteroatoms. The minimum Gasteiger partial charge on any atom is -0.312 e. The maximum Gasteiger partial charge on any atom is 0.136 e. The van der Waals surface area contributed by atoms with Gasteiger partial charge < -0.3 is 5.32 Å². The Morgan fingerprint density at radius 1 is 1.41 bits per heavy atom. The highest BCUT2D eigenvalue weighted by atomic mass is 32.1. The summed E-state index contributed by atoms with van der Waals surface area (Å²) >= 11 is 1.48. The predicted molar refractivity (Wildman–Crippen MR) is 69.7 cm³/mol. The van der Waals surface area contributed by atoms with Gasteiger partial charge >= 0.3 is 0 Å². The Bertz CT molecular complexity index is 522. The van der Waals surface area contributed by atoms with Gasteiger partial charge in [0.25, 0.3) is 0 Å². The topological polar surface area (TPSA) is 24.9 Å². The van der Waals surface area contributed by atoms with Gasteiger partial charge in [0, 0.05) is 17.0 Å². The fourth-order valence-corrected chi connectivity index (χ4v) is 2.50. The molecule has 1 aromatic heterocycles. The van der Waals surface area contributed by atoms with Crippen molar-refractivity contribution < 1.29 is 4.39 Å². The lowest BCUT2D eigenvalue weighted by atomic mass is 10.1. The molecule has 0 spiro atoms. The second kappa shape index (κ2) is 4.94. The molecule has 2 aromatic rings. The van der Waals surface area contributed by atoms with Gasteiger partial charge in [0.2, 0.25) is 0 Å². The molecule has 0 amide bonds. The number of rotatable bonds is 3. The van der Waals surface area contributed by atoms with Crippen LogP contribution < -0.4 is 5.32 Å². The molecule has 0 aliphatic rings. The fraction of sp³-hybridized carbons (Fsp3) is 0.308. The van der Waals surface area contributed by atoms with Crippen molar-refractivity contribution in [2.45, 2.75) is 19.9 Å². The van der Waals surface area contributed by atoms with E-state index in [-0.39, 0.29) is 11.9 Å². The molecule has 0 aliphatic heterocycles. The van der Waals surface area contributed by atoms with Crippen molar-refractivity contribution >= 4 is 11.3 Å². The van der Waals surface area contributed by atoms with E-state index in [1.54, 1.807) is 19.1 Å². The summed E-state index contributed by atoms with van der Waals surface area (Å²) in [5.41, 5.74) is 2.19. The monoisotopic (exact) mass is 250 g/mol. The first kappa shape index (κ1) is 12.2. The van der Waals surface area contributed by atoms with Crippen LogP contribution in [0.1, 0.15) is 24.2 Å². The molecule has 1 aromatic carbocycles. The maximum atomic E-state index is 13.9. The average Bonchev–Trinajstić information content (AvgIpc) is 2.81. The van der Waals surface area contributed by atoms with Gasteiger partial charge in [-0.2, -0.15) is 0 Å². The van der Waals surface area contributed by atoms with Crippen LogP contribution in [0.25, 0.3) is 10.6 Å². The molecule has 1 unspecified atom stereocenters. The Morgan fingerprint density at radius 3 is 2.88 bits per heavy atom. The van der Waals surface area contributed by atoms with Gasteiger partial charge in [-0.25, -0.2) is 9.37 Å². The summed E-state index contributed by atoms with van der Waals surface area (Å²) in [7, 11) is 1.89. The van der Waals surface area contributed by atoms with Crippen LogP contribution in [0.2, 0.25) is 0 Å². The molecule has 17 heavy (non-hydrogen) atoms. The van der Waals surface area contributed by atoms with Crippen LogP contribution in [-0.2, 0) is 0 Å². The Balaban J connectivity index is 2.40. The van der Waals surface area contributed by atoms with Crippen molar-refractivity contribution in [3.63, 3.8) is 0 Å². The summed E-state index contributed by atoms with van der Waals surface area (Å²) < 4.78 is 13.9. The molecule has 0 fully saturated rings. The van der Waals surface area contributed by atoms with Crippen molar-refractivity contribution in [3.05, 3.63) is 40.7 Å². The van der Waals surface area contributed by atoms with Crippen LogP contribution in [0.3, 0.4) is 0 Å². The van der Waals surface area contributed by atoms with E-state index < -0.39 is 0 Å². The molecule has 0 radical (unpaired) electrons. The zero-order valence-corrected chi connectivity index (χ0v) is 10.9. The maximum absolute atomic E-state index is 13.9. The summed E-state index contributed by atoms with van der Waals surface area (Å²) in [5.74, 6) is -0.175. The highest BCUT2D eigenvalue weighted by Crippen LogP contribution is 2.29. The third kappa shape index (κ3) is 2.37. The highest BCUT2D eigenvalue weighted by molar-refractivity contribution is 7.13. The third-order valence-electron chi connectivity index (χ3n) is 2.82. The number of hydrogen-bond acceptors (Lipinski definition) is 3. The first-order valence-corrected chi connectivity index (χ1v) is 6.39. The van der Waals surface area contributed by atoms with E-state index in [1.807, 2.05) is 25.4 Å². The van der Waals surface area contributed by atoms with Gasteiger partial charge in [0.15, 0.2) is 0 Å². The van der Waals surface area contributed by atoms with Crippen LogP contribution in [-0.4, -0.2) is 12.0 Å². The second-order valence-corrected chi connectivity index (χ2v) is 4.88. The minimum absolute atomic E-state index is 0.175. The van der Waals surface area contributed by atoms with Gasteiger partial charge in [0.1, 0.15) is 10.8 Å². The number of halogens is 1. The third-order valence-corrected chi connectivity index (χ3v) is 3.71. The SMILES string of the molecule is CNC(C)c1csc(-c2cccc(C)c2F)n1. The Kier molecular flexibility index (Phi) is 3.54. The number of nitrogens with zero attached hydrogens (tertiary/aromatic N) is 1. The zero-order valence-electron chi connectivity index (χ0n) is 10.1. The Morgan fingerprint density at radius 2 is 2.18 bits per heavy atom. The van der Waals surface area contributed by atoms with Crippen LogP contribution in [0, 0.1) is 12.7 Å². The van der Waals surface area contributed by atoms with Crippen molar-refractivity contribution in [2.75, 3.05) is 7.05 Å². The molecule has 2 nitrogen and oxygen atoms in total. The number of nitrogens with one attached hydrogen (secondary N) is 1.